The first-order valence-corrected chi connectivity index (χ1v) is 8.73. The summed E-state index contributed by atoms with van der Waals surface area (Å²) >= 11 is 6.01. The first kappa shape index (κ1) is 18.7. The van der Waals surface area contributed by atoms with Crippen LogP contribution in [0.25, 0.3) is 0 Å². The summed E-state index contributed by atoms with van der Waals surface area (Å²) < 4.78 is 5.27. The molecule has 1 N–H and O–H groups in total. The lowest BCUT2D eigenvalue weighted by molar-refractivity contribution is -0.127. The molecule has 1 aliphatic heterocycles. The van der Waals surface area contributed by atoms with E-state index in [9.17, 15) is 9.59 Å². The van der Waals surface area contributed by atoms with Crippen LogP contribution in [0.1, 0.15) is 38.7 Å². The monoisotopic (exact) mass is 352 g/mol. The molecule has 6 heteroatoms. The van der Waals surface area contributed by atoms with E-state index >= 15 is 0 Å². The normalized spacial score (nSPS) is 20.5. The lowest BCUT2D eigenvalue weighted by Crippen LogP contribution is -2.55. The van der Waals surface area contributed by atoms with E-state index in [0.717, 1.165) is 17.7 Å². The summed E-state index contributed by atoms with van der Waals surface area (Å²) in [4.78, 5) is 26.8. The molecule has 0 radical (unpaired) electrons. The summed E-state index contributed by atoms with van der Waals surface area (Å²) in [5, 5.41) is 3.55. The van der Waals surface area contributed by atoms with Crippen molar-refractivity contribution in [2.75, 3.05) is 24.7 Å². The molecule has 1 fully saturated rings. The average molecular weight is 353 g/mol. The second-order valence-corrected chi connectivity index (χ2v) is 6.68. The fraction of sp³-hybridized carbons (Fsp3) is 0.556. The molecule has 0 aromatic heterocycles. The quantitative estimate of drug-likeness (QED) is 0.767. The molecule has 1 aromatic carbocycles. The molecule has 2 amide bonds. The Kier molecular flexibility index (Phi) is 6.24. The molecular formula is C18H25ClN2O3. The molecule has 1 heterocycles. The van der Waals surface area contributed by atoms with E-state index in [1.165, 1.54) is 0 Å². The highest BCUT2D eigenvalue weighted by atomic mass is 35.5. The summed E-state index contributed by atoms with van der Waals surface area (Å²) in [6.07, 6.45) is 1.62. The van der Waals surface area contributed by atoms with Gasteiger partial charge in [0.25, 0.3) is 0 Å². The molecule has 1 aliphatic rings. The van der Waals surface area contributed by atoms with Gasteiger partial charge in [0.15, 0.2) is 0 Å². The Balaban J connectivity index is 2.14. The number of anilines is 1. The molecule has 1 aromatic rings. The van der Waals surface area contributed by atoms with Crippen molar-refractivity contribution in [1.82, 2.24) is 5.32 Å². The van der Waals surface area contributed by atoms with Crippen molar-refractivity contribution in [1.29, 1.82) is 0 Å². The van der Waals surface area contributed by atoms with Crippen molar-refractivity contribution in [3.05, 3.63) is 28.8 Å². The Morgan fingerprint density at radius 2 is 2.21 bits per heavy atom. The first-order valence-electron chi connectivity index (χ1n) is 8.35. The van der Waals surface area contributed by atoms with Crippen LogP contribution >= 0.6 is 11.6 Å². The molecular weight excluding hydrogens is 328 g/mol. The van der Waals surface area contributed by atoms with Gasteiger partial charge in [-0.2, -0.15) is 0 Å². The van der Waals surface area contributed by atoms with Gasteiger partial charge in [0.2, 0.25) is 11.8 Å². The predicted molar refractivity (Wildman–Crippen MR) is 95.4 cm³/mol. The fourth-order valence-corrected chi connectivity index (χ4v) is 3.27. The highest BCUT2D eigenvalue weighted by Crippen LogP contribution is 2.37. The number of halogens is 1. The minimum Gasteiger partial charge on any atom is -0.382 e. The van der Waals surface area contributed by atoms with Gasteiger partial charge in [0.05, 0.1) is 0 Å². The number of carbonyl (C=O) groups excluding carboxylic acids is 2. The number of benzene rings is 1. The Hall–Kier alpha value is -1.59. The predicted octanol–water partition coefficient (Wildman–Crippen LogP) is 3.08. The molecule has 0 saturated carbocycles. The molecule has 0 aliphatic carbocycles. The van der Waals surface area contributed by atoms with Gasteiger partial charge in [0, 0.05) is 36.9 Å². The zero-order valence-corrected chi connectivity index (χ0v) is 15.3. The summed E-state index contributed by atoms with van der Waals surface area (Å²) in [5.74, 6) is -0.161. The van der Waals surface area contributed by atoms with Crippen molar-refractivity contribution in [3.63, 3.8) is 0 Å². The third-order valence-electron chi connectivity index (χ3n) is 4.41. The van der Waals surface area contributed by atoms with Crippen LogP contribution in [0.3, 0.4) is 0 Å². The van der Waals surface area contributed by atoms with Gasteiger partial charge in [-0.25, -0.2) is 0 Å². The third kappa shape index (κ3) is 3.90. The first-order chi connectivity index (χ1) is 11.4. The van der Waals surface area contributed by atoms with Gasteiger partial charge in [-0.1, -0.05) is 11.6 Å². The summed E-state index contributed by atoms with van der Waals surface area (Å²) in [7, 11) is 0. The number of nitrogens with one attached hydrogen (secondary N) is 1. The maximum absolute atomic E-state index is 12.7. The molecule has 132 valence electrons. The number of ether oxygens (including phenoxy) is 1. The van der Waals surface area contributed by atoms with Crippen LogP contribution in [-0.2, 0) is 14.3 Å². The maximum atomic E-state index is 12.7. The van der Waals surface area contributed by atoms with Crippen LogP contribution in [0, 0.1) is 6.92 Å². The number of hydrogen-bond donors (Lipinski definition) is 1. The number of aryl methyl sites for hydroxylation is 1. The van der Waals surface area contributed by atoms with E-state index in [1.54, 1.807) is 11.0 Å². The average Bonchev–Trinajstić information content (AvgIpc) is 2.84. The van der Waals surface area contributed by atoms with Gasteiger partial charge in [-0.3, -0.25) is 14.5 Å². The largest absolute Gasteiger partial charge is 0.382 e. The molecule has 5 nitrogen and oxygen atoms in total. The SMILES string of the molecule is CCOCCCNC(=O)[C@@]1(C)CCC(=O)N1c1ccc(Cl)cc1C. The zero-order valence-electron chi connectivity index (χ0n) is 14.5. The van der Waals surface area contributed by atoms with Crippen molar-refractivity contribution < 1.29 is 14.3 Å². The van der Waals surface area contributed by atoms with E-state index in [0.29, 0.717) is 37.6 Å². The van der Waals surface area contributed by atoms with Gasteiger partial charge >= 0.3 is 0 Å². The van der Waals surface area contributed by atoms with Crippen molar-refractivity contribution in [2.45, 2.75) is 45.6 Å². The number of hydrogen-bond acceptors (Lipinski definition) is 3. The maximum Gasteiger partial charge on any atom is 0.246 e. The number of carbonyl (C=O) groups is 2. The van der Waals surface area contributed by atoms with Crippen LogP contribution in [0.4, 0.5) is 5.69 Å². The molecule has 1 atom stereocenters. The smallest absolute Gasteiger partial charge is 0.246 e. The summed E-state index contributed by atoms with van der Waals surface area (Å²) in [5.41, 5.74) is 0.753. The topological polar surface area (TPSA) is 58.6 Å². The van der Waals surface area contributed by atoms with Crippen LogP contribution in [0.2, 0.25) is 5.02 Å². The van der Waals surface area contributed by atoms with Crippen LogP contribution < -0.4 is 10.2 Å². The second kappa shape index (κ2) is 7.99. The van der Waals surface area contributed by atoms with E-state index in [2.05, 4.69) is 5.32 Å². The zero-order chi connectivity index (χ0) is 17.7. The van der Waals surface area contributed by atoms with Gasteiger partial charge < -0.3 is 10.1 Å². The minimum absolute atomic E-state index is 0.0348. The molecule has 0 spiro atoms. The summed E-state index contributed by atoms with van der Waals surface area (Å²) in [6.45, 7) is 7.49. The Labute approximate surface area is 148 Å². The van der Waals surface area contributed by atoms with Crippen LogP contribution in [-0.4, -0.2) is 37.1 Å². The van der Waals surface area contributed by atoms with Gasteiger partial charge in [-0.15, -0.1) is 0 Å². The standard InChI is InChI=1S/C18H25ClN2O3/c1-4-24-11-5-10-20-17(23)18(3)9-8-16(22)21(18)15-7-6-14(19)12-13(15)2/h6-7,12H,4-5,8-11H2,1-3H3,(H,20,23)/t18-/m1/s1. The number of nitrogens with zero attached hydrogens (tertiary/aromatic N) is 1. The van der Waals surface area contributed by atoms with Crippen LogP contribution in [0.15, 0.2) is 18.2 Å². The second-order valence-electron chi connectivity index (χ2n) is 6.24. The fourth-order valence-electron chi connectivity index (χ4n) is 3.05. The van der Waals surface area contributed by atoms with E-state index < -0.39 is 5.54 Å². The highest BCUT2D eigenvalue weighted by molar-refractivity contribution is 6.30. The Bertz CT molecular complexity index is 620. The molecule has 1 saturated heterocycles. The molecule has 24 heavy (non-hydrogen) atoms. The number of rotatable bonds is 7. The van der Waals surface area contributed by atoms with Crippen molar-refractivity contribution in [2.24, 2.45) is 0 Å². The highest BCUT2D eigenvalue weighted by Gasteiger charge is 2.48. The molecule has 0 unspecified atom stereocenters. The summed E-state index contributed by atoms with van der Waals surface area (Å²) in [6, 6.07) is 5.36. The third-order valence-corrected chi connectivity index (χ3v) is 4.65. The van der Waals surface area contributed by atoms with E-state index in [-0.39, 0.29) is 11.8 Å². The lowest BCUT2D eigenvalue weighted by atomic mass is 9.96. The molecule has 2 rings (SSSR count). The lowest BCUT2D eigenvalue weighted by Gasteiger charge is -2.35. The van der Waals surface area contributed by atoms with E-state index in [4.69, 9.17) is 16.3 Å². The van der Waals surface area contributed by atoms with Crippen molar-refractivity contribution in [3.8, 4) is 0 Å². The van der Waals surface area contributed by atoms with Crippen molar-refractivity contribution >= 4 is 29.1 Å². The molecule has 0 bridgehead atoms. The van der Waals surface area contributed by atoms with Crippen LogP contribution in [0.5, 0.6) is 0 Å². The number of amides is 2. The minimum atomic E-state index is -0.874. The van der Waals surface area contributed by atoms with Gasteiger partial charge in [-0.05, 0) is 57.4 Å². The van der Waals surface area contributed by atoms with E-state index in [1.807, 2.05) is 32.9 Å². The Morgan fingerprint density at radius 1 is 1.46 bits per heavy atom. The van der Waals surface area contributed by atoms with Gasteiger partial charge in [0.1, 0.15) is 5.54 Å². The Morgan fingerprint density at radius 3 is 2.88 bits per heavy atom.